The zero-order chi connectivity index (χ0) is 22.8. The summed E-state index contributed by atoms with van der Waals surface area (Å²) < 4.78 is 7.04. The number of likely N-dealkylation sites (tertiary alicyclic amines) is 1. The van der Waals surface area contributed by atoms with Gasteiger partial charge >= 0.3 is 0 Å². The van der Waals surface area contributed by atoms with Crippen molar-refractivity contribution in [3.05, 3.63) is 52.6 Å². The standard InChI is InChI=1S/C23H29N5O4/c1-15-18(16(2)26(3)25-15)21(29)19-20(17-7-4-5-8-24-17)28(23(31)22(19)30)10-6-9-27-11-13-32-14-12-27/h4-5,7-8,20,29H,6,9-14H2,1-3H3. The molecule has 0 bridgehead atoms. The second kappa shape index (κ2) is 9.22. The predicted octanol–water partition coefficient (Wildman–Crippen LogP) is 1.58. The van der Waals surface area contributed by atoms with E-state index in [1.54, 1.807) is 37.0 Å². The van der Waals surface area contributed by atoms with Gasteiger partial charge in [-0.3, -0.25) is 24.2 Å². The summed E-state index contributed by atoms with van der Waals surface area (Å²) in [5.74, 6) is -1.49. The van der Waals surface area contributed by atoms with Crippen molar-refractivity contribution in [1.29, 1.82) is 0 Å². The van der Waals surface area contributed by atoms with Crippen molar-refractivity contribution in [2.75, 3.05) is 39.4 Å². The first-order valence-electron chi connectivity index (χ1n) is 10.9. The molecule has 2 aromatic heterocycles. The van der Waals surface area contributed by atoms with Gasteiger partial charge in [-0.2, -0.15) is 5.10 Å². The van der Waals surface area contributed by atoms with Gasteiger partial charge in [0.15, 0.2) is 0 Å². The number of Topliss-reactive ketones (excluding diaryl/α,β-unsaturated/α-hetero) is 1. The Hall–Kier alpha value is -3.04. The minimum Gasteiger partial charge on any atom is -0.507 e. The van der Waals surface area contributed by atoms with Crippen LogP contribution in [0.15, 0.2) is 30.0 Å². The summed E-state index contributed by atoms with van der Waals surface area (Å²) in [4.78, 5) is 34.4. The van der Waals surface area contributed by atoms with Crippen LogP contribution in [0, 0.1) is 13.8 Å². The van der Waals surface area contributed by atoms with Crippen LogP contribution in [0.4, 0.5) is 0 Å². The Labute approximate surface area is 187 Å². The highest BCUT2D eigenvalue weighted by Crippen LogP contribution is 2.39. The zero-order valence-electron chi connectivity index (χ0n) is 18.7. The zero-order valence-corrected chi connectivity index (χ0v) is 18.7. The number of aliphatic hydroxyl groups excluding tert-OH is 1. The Bertz CT molecular complexity index is 1040. The van der Waals surface area contributed by atoms with Crippen molar-refractivity contribution >= 4 is 17.4 Å². The van der Waals surface area contributed by atoms with Crippen LogP contribution in [0.2, 0.25) is 0 Å². The number of aliphatic hydroxyl groups is 1. The SMILES string of the molecule is Cc1nn(C)c(C)c1C(O)=C1C(=O)C(=O)N(CCCN2CCOCC2)C1c1ccccn1. The molecule has 32 heavy (non-hydrogen) atoms. The summed E-state index contributed by atoms with van der Waals surface area (Å²) in [7, 11) is 1.78. The fourth-order valence-corrected chi connectivity index (χ4v) is 4.50. The summed E-state index contributed by atoms with van der Waals surface area (Å²) >= 11 is 0. The minimum absolute atomic E-state index is 0.0688. The smallest absolute Gasteiger partial charge is 0.295 e. The molecule has 2 aromatic rings. The lowest BCUT2D eigenvalue weighted by atomic mass is 9.97. The number of morpholine rings is 1. The molecule has 0 radical (unpaired) electrons. The van der Waals surface area contributed by atoms with E-state index in [2.05, 4.69) is 15.0 Å². The molecule has 4 heterocycles. The summed E-state index contributed by atoms with van der Waals surface area (Å²) in [6.45, 7) is 7.95. The van der Waals surface area contributed by atoms with Crippen LogP contribution >= 0.6 is 0 Å². The van der Waals surface area contributed by atoms with E-state index in [4.69, 9.17) is 4.74 Å². The quantitative estimate of drug-likeness (QED) is 0.414. The van der Waals surface area contributed by atoms with Gasteiger partial charge in [-0.15, -0.1) is 0 Å². The van der Waals surface area contributed by atoms with Crippen LogP contribution in [-0.4, -0.2) is 80.8 Å². The maximum absolute atomic E-state index is 13.1. The molecule has 2 saturated heterocycles. The average molecular weight is 440 g/mol. The number of hydrogen-bond donors (Lipinski definition) is 1. The molecule has 0 saturated carbocycles. The van der Waals surface area contributed by atoms with E-state index < -0.39 is 17.7 Å². The second-order valence-electron chi connectivity index (χ2n) is 8.22. The van der Waals surface area contributed by atoms with Gasteiger partial charge in [-0.1, -0.05) is 6.07 Å². The molecule has 0 spiro atoms. The topological polar surface area (TPSA) is 101 Å². The molecular weight excluding hydrogens is 410 g/mol. The molecule has 2 aliphatic rings. The number of aryl methyl sites for hydroxylation is 2. The molecule has 170 valence electrons. The largest absolute Gasteiger partial charge is 0.507 e. The Morgan fingerprint density at radius 1 is 1.19 bits per heavy atom. The molecule has 4 rings (SSSR count). The number of nitrogens with zero attached hydrogens (tertiary/aromatic N) is 5. The number of amides is 1. The molecule has 2 aliphatic heterocycles. The Morgan fingerprint density at radius 3 is 2.56 bits per heavy atom. The van der Waals surface area contributed by atoms with Crippen molar-refractivity contribution < 1.29 is 19.4 Å². The molecule has 9 nitrogen and oxygen atoms in total. The van der Waals surface area contributed by atoms with E-state index in [0.29, 0.717) is 43.1 Å². The van der Waals surface area contributed by atoms with E-state index in [1.165, 1.54) is 4.90 Å². The van der Waals surface area contributed by atoms with Crippen molar-refractivity contribution in [2.45, 2.75) is 26.3 Å². The molecular formula is C23H29N5O4. The number of aromatic nitrogens is 3. The lowest BCUT2D eigenvalue weighted by molar-refractivity contribution is -0.140. The van der Waals surface area contributed by atoms with Crippen LogP contribution in [0.5, 0.6) is 0 Å². The molecule has 1 unspecified atom stereocenters. The minimum atomic E-state index is -0.736. The summed E-state index contributed by atoms with van der Waals surface area (Å²) in [6.07, 6.45) is 2.34. The van der Waals surface area contributed by atoms with Gasteiger partial charge < -0.3 is 14.7 Å². The van der Waals surface area contributed by atoms with Gasteiger partial charge in [0.1, 0.15) is 11.8 Å². The predicted molar refractivity (Wildman–Crippen MR) is 118 cm³/mol. The van der Waals surface area contributed by atoms with Crippen LogP contribution in [0.3, 0.4) is 0 Å². The molecule has 9 heteroatoms. The third kappa shape index (κ3) is 4.05. The van der Waals surface area contributed by atoms with E-state index in [-0.39, 0.29) is 11.3 Å². The fourth-order valence-electron chi connectivity index (χ4n) is 4.50. The van der Waals surface area contributed by atoms with Gasteiger partial charge in [-0.25, -0.2) is 0 Å². The first kappa shape index (κ1) is 22.2. The van der Waals surface area contributed by atoms with Crippen molar-refractivity contribution in [3.8, 4) is 0 Å². The van der Waals surface area contributed by atoms with Crippen molar-refractivity contribution in [2.24, 2.45) is 7.05 Å². The maximum atomic E-state index is 13.1. The normalized spacial score (nSPS) is 21.5. The lowest BCUT2D eigenvalue weighted by Gasteiger charge is -2.28. The van der Waals surface area contributed by atoms with E-state index in [0.717, 1.165) is 25.3 Å². The summed E-state index contributed by atoms with van der Waals surface area (Å²) in [5, 5.41) is 15.6. The van der Waals surface area contributed by atoms with E-state index in [1.807, 2.05) is 13.0 Å². The van der Waals surface area contributed by atoms with Gasteiger partial charge in [-0.05, 0) is 32.4 Å². The Kier molecular flexibility index (Phi) is 6.38. The monoisotopic (exact) mass is 439 g/mol. The first-order chi connectivity index (χ1) is 15.4. The first-order valence-corrected chi connectivity index (χ1v) is 10.9. The van der Waals surface area contributed by atoms with Gasteiger partial charge in [0, 0.05) is 45.1 Å². The van der Waals surface area contributed by atoms with Crippen molar-refractivity contribution in [3.63, 3.8) is 0 Å². The van der Waals surface area contributed by atoms with Crippen molar-refractivity contribution in [1.82, 2.24) is 24.6 Å². The molecule has 1 amide bonds. The van der Waals surface area contributed by atoms with E-state index in [9.17, 15) is 14.7 Å². The van der Waals surface area contributed by atoms with Gasteiger partial charge in [0.25, 0.3) is 11.7 Å². The van der Waals surface area contributed by atoms with E-state index >= 15 is 0 Å². The highest BCUT2D eigenvalue weighted by Gasteiger charge is 2.47. The Morgan fingerprint density at radius 2 is 1.94 bits per heavy atom. The van der Waals surface area contributed by atoms with Gasteiger partial charge in [0.05, 0.1) is 35.7 Å². The second-order valence-corrected chi connectivity index (χ2v) is 8.22. The number of hydrogen-bond acceptors (Lipinski definition) is 7. The highest BCUT2D eigenvalue weighted by molar-refractivity contribution is 6.46. The number of carbonyl (C=O) groups excluding carboxylic acids is 2. The molecule has 0 aromatic carbocycles. The average Bonchev–Trinajstić information content (AvgIpc) is 3.20. The van der Waals surface area contributed by atoms with Crippen LogP contribution < -0.4 is 0 Å². The number of ether oxygens (including phenoxy) is 1. The lowest BCUT2D eigenvalue weighted by Crippen LogP contribution is -2.39. The fraction of sp³-hybridized carbons (Fsp3) is 0.478. The summed E-state index contributed by atoms with van der Waals surface area (Å²) in [6, 6.07) is 4.64. The number of pyridine rings is 1. The number of rotatable bonds is 6. The van der Waals surface area contributed by atoms with Crippen LogP contribution in [0.25, 0.3) is 5.76 Å². The van der Waals surface area contributed by atoms with Gasteiger partial charge in [0.2, 0.25) is 0 Å². The maximum Gasteiger partial charge on any atom is 0.295 e. The Balaban J connectivity index is 1.69. The molecule has 0 aliphatic carbocycles. The number of ketones is 1. The third-order valence-electron chi connectivity index (χ3n) is 6.23. The molecule has 2 fully saturated rings. The van der Waals surface area contributed by atoms with Crippen LogP contribution in [0.1, 0.15) is 35.1 Å². The number of carbonyl (C=O) groups is 2. The third-order valence-corrected chi connectivity index (χ3v) is 6.23. The highest BCUT2D eigenvalue weighted by atomic mass is 16.5. The summed E-state index contributed by atoms with van der Waals surface area (Å²) in [5.41, 5.74) is 2.43. The molecule has 1 atom stereocenters. The van der Waals surface area contributed by atoms with Crippen LogP contribution in [-0.2, 0) is 21.4 Å². The molecule has 1 N–H and O–H groups in total.